The lowest BCUT2D eigenvalue weighted by Gasteiger charge is -2.22. The van der Waals surface area contributed by atoms with Crippen LogP contribution in [0.3, 0.4) is 0 Å². The maximum atomic E-state index is 11.3. The molecule has 0 aromatic heterocycles. The topological polar surface area (TPSA) is 63.6 Å². The largest absolute Gasteiger partial charge is 0.426 e. The van der Waals surface area contributed by atoms with E-state index < -0.39 is 10.1 Å². The van der Waals surface area contributed by atoms with Crippen LogP contribution in [0, 0.1) is 0 Å². The third-order valence-corrected chi connectivity index (χ3v) is 4.75. The summed E-state index contributed by atoms with van der Waals surface area (Å²) in [6.45, 7) is 0. The van der Waals surface area contributed by atoms with E-state index in [0.29, 0.717) is 5.92 Å². The van der Waals surface area contributed by atoms with Crippen LogP contribution in [0.4, 0.5) is 0 Å². The molecule has 1 aliphatic rings. The van der Waals surface area contributed by atoms with Crippen LogP contribution in [0.1, 0.15) is 43.6 Å². The van der Waals surface area contributed by atoms with Crippen LogP contribution in [0.5, 0.6) is 5.75 Å². The first kappa shape index (κ1) is 14.1. The molecule has 18 heavy (non-hydrogen) atoms. The summed E-state index contributed by atoms with van der Waals surface area (Å²) in [5, 5.41) is 0. The molecule has 0 atom stereocenters. The molecule has 1 fully saturated rings. The number of hydrogen-bond acceptors (Lipinski definition) is 3. The number of rotatable bonds is 3. The van der Waals surface area contributed by atoms with Crippen molar-refractivity contribution in [3.63, 3.8) is 0 Å². The first-order valence-corrected chi connectivity index (χ1v) is 8.24. The molecule has 1 aliphatic carbocycles. The van der Waals surface area contributed by atoms with Crippen LogP contribution in [0.25, 0.3) is 0 Å². The third-order valence-electron chi connectivity index (χ3n) is 3.41. The van der Waals surface area contributed by atoms with Crippen LogP contribution >= 0.6 is 23.0 Å². The van der Waals surface area contributed by atoms with E-state index in [0.717, 1.165) is 18.4 Å². The lowest BCUT2D eigenvalue weighted by Crippen LogP contribution is -2.07. The van der Waals surface area contributed by atoms with Crippen LogP contribution < -0.4 is 3.07 Å². The zero-order valence-electron chi connectivity index (χ0n) is 9.80. The van der Waals surface area contributed by atoms with Crippen LogP contribution in [0.15, 0.2) is 23.1 Å². The van der Waals surface area contributed by atoms with Crippen molar-refractivity contribution in [3.05, 3.63) is 23.8 Å². The van der Waals surface area contributed by atoms with Gasteiger partial charge in [0.05, 0.1) is 0 Å². The number of benzene rings is 1. The SMILES string of the molecule is O=S(=O)(O)c1cc(C2CCCCC2)ccc1OI. The van der Waals surface area contributed by atoms with E-state index in [4.69, 9.17) is 3.07 Å². The van der Waals surface area contributed by atoms with Crippen molar-refractivity contribution < 1.29 is 16.0 Å². The molecule has 1 saturated carbocycles. The summed E-state index contributed by atoms with van der Waals surface area (Å²) in [5.74, 6) is 0.570. The summed E-state index contributed by atoms with van der Waals surface area (Å²) in [5.41, 5.74) is 0.972. The summed E-state index contributed by atoms with van der Waals surface area (Å²) in [6.07, 6.45) is 5.76. The second kappa shape index (κ2) is 5.75. The minimum atomic E-state index is -4.24. The molecule has 0 bridgehead atoms. The Morgan fingerprint density at radius 3 is 2.44 bits per heavy atom. The molecule has 0 unspecified atom stereocenters. The van der Waals surface area contributed by atoms with Gasteiger partial charge in [-0.15, -0.1) is 0 Å². The summed E-state index contributed by atoms with van der Waals surface area (Å²) in [6, 6.07) is 5.04. The standard InChI is InChI=1S/C12H15IO4S/c13-17-11-7-6-10(8-12(11)18(14,15)16)9-4-2-1-3-5-9/h6-9H,1-5H2,(H,14,15,16). The Kier molecular flexibility index (Phi) is 4.50. The average Bonchev–Trinajstić information content (AvgIpc) is 2.38. The summed E-state index contributed by atoms with van der Waals surface area (Å²) < 4.78 is 36.8. The normalized spacial score (nSPS) is 17.7. The molecule has 6 heteroatoms. The fraction of sp³-hybridized carbons (Fsp3) is 0.500. The van der Waals surface area contributed by atoms with Crippen molar-refractivity contribution in [1.82, 2.24) is 0 Å². The Morgan fingerprint density at radius 2 is 1.89 bits per heavy atom. The number of hydrogen-bond donors (Lipinski definition) is 1. The Morgan fingerprint density at radius 1 is 1.22 bits per heavy atom. The first-order valence-electron chi connectivity index (χ1n) is 5.92. The molecule has 0 radical (unpaired) electrons. The van der Waals surface area contributed by atoms with Crippen molar-refractivity contribution >= 4 is 33.1 Å². The Labute approximate surface area is 121 Å². The van der Waals surface area contributed by atoms with E-state index in [9.17, 15) is 13.0 Å². The zero-order chi connectivity index (χ0) is 13.2. The van der Waals surface area contributed by atoms with Gasteiger partial charge in [-0.3, -0.25) is 4.55 Å². The maximum absolute atomic E-state index is 11.3. The molecular formula is C12H15IO4S. The predicted octanol–water partition coefficient (Wildman–Crippen LogP) is 3.71. The van der Waals surface area contributed by atoms with Gasteiger partial charge in [0.1, 0.15) is 4.90 Å². The monoisotopic (exact) mass is 382 g/mol. The highest BCUT2D eigenvalue weighted by molar-refractivity contribution is 14.1. The summed E-state index contributed by atoms with van der Waals surface area (Å²) in [7, 11) is -4.24. The van der Waals surface area contributed by atoms with E-state index in [1.807, 2.05) is 6.07 Å². The Balaban J connectivity index is 2.39. The van der Waals surface area contributed by atoms with E-state index in [1.165, 1.54) is 19.3 Å². The van der Waals surface area contributed by atoms with Gasteiger partial charge in [-0.1, -0.05) is 25.3 Å². The van der Waals surface area contributed by atoms with Crippen molar-refractivity contribution in [2.45, 2.75) is 42.9 Å². The van der Waals surface area contributed by atoms with Crippen molar-refractivity contribution in [1.29, 1.82) is 0 Å². The predicted molar refractivity (Wildman–Crippen MR) is 76.7 cm³/mol. The third kappa shape index (κ3) is 3.16. The van der Waals surface area contributed by atoms with Gasteiger partial charge in [-0.25, -0.2) is 0 Å². The molecule has 0 heterocycles. The van der Waals surface area contributed by atoms with Gasteiger partial charge in [-0.2, -0.15) is 8.42 Å². The molecule has 4 nitrogen and oxygen atoms in total. The molecule has 100 valence electrons. The van der Waals surface area contributed by atoms with Crippen LogP contribution in [0.2, 0.25) is 0 Å². The fourth-order valence-electron chi connectivity index (χ4n) is 2.48. The highest BCUT2D eigenvalue weighted by atomic mass is 127. The van der Waals surface area contributed by atoms with E-state index in [-0.39, 0.29) is 10.6 Å². The van der Waals surface area contributed by atoms with Crippen LogP contribution in [-0.4, -0.2) is 13.0 Å². The van der Waals surface area contributed by atoms with E-state index in [2.05, 4.69) is 0 Å². The quantitative estimate of drug-likeness (QED) is 0.640. The molecule has 0 aliphatic heterocycles. The first-order chi connectivity index (χ1) is 8.52. The minimum absolute atomic E-state index is 0.139. The van der Waals surface area contributed by atoms with Crippen LogP contribution in [-0.2, 0) is 10.1 Å². The molecule has 0 saturated heterocycles. The van der Waals surface area contributed by atoms with Gasteiger partial charge in [0.2, 0.25) is 0 Å². The maximum Gasteiger partial charge on any atom is 0.298 e. The van der Waals surface area contributed by atoms with Gasteiger partial charge in [-0.05, 0) is 36.5 Å². The second-order valence-electron chi connectivity index (χ2n) is 4.59. The molecule has 0 amide bonds. The molecule has 1 aromatic carbocycles. The summed E-state index contributed by atoms with van der Waals surface area (Å²) in [4.78, 5) is -0.139. The zero-order valence-corrected chi connectivity index (χ0v) is 12.8. The average molecular weight is 382 g/mol. The molecule has 1 N–H and O–H groups in total. The van der Waals surface area contributed by atoms with E-state index >= 15 is 0 Å². The fourth-order valence-corrected chi connectivity index (χ4v) is 3.66. The Bertz CT molecular complexity index is 521. The smallest absolute Gasteiger partial charge is 0.298 e. The van der Waals surface area contributed by atoms with Gasteiger partial charge in [0.15, 0.2) is 28.8 Å². The highest BCUT2D eigenvalue weighted by Crippen LogP contribution is 2.36. The number of halogens is 1. The van der Waals surface area contributed by atoms with E-state index in [1.54, 1.807) is 35.1 Å². The second-order valence-corrected chi connectivity index (χ2v) is 6.42. The Hall–Kier alpha value is -0.340. The molecular weight excluding hydrogens is 367 g/mol. The molecule has 2 rings (SSSR count). The molecule has 0 spiro atoms. The lowest BCUT2D eigenvalue weighted by atomic mass is 9.84. The van der Waals surface area contributed by atoms with Gasteiger partial charge in [0.25, 0.3) is 10.1 Å². The van der Waals surface area contributed by atoms with Crippen molar-refractivity contribution in [3.8, 4) is 5.75 Å². The lowest BCUT2D eigenvalue weighted by molar-refractivity contribution is 0.442. The van der Waals surface area contributed by atoms with Gasteiger partial charge < -0.3 is 3.07 Å². The minimum Gasteiger partial charge on any atom is -0.426 e. The molecule has 1 aromatic rings. The van der Waals surface area contributed by atoms with Crippen molar-refractivity contribution in [2.75, 3.05) is 0 Å². The van der Waals surface area contributed by atoms with Gasteiger partial charge in [0, 0.05) is 0 Å². The highest BCUT2D eigenvalue weighted by Gasteiger charge is 2.21. The summed E-state index contributed by atoms with van der Waals surface area (Å²) >= 11 is 1.61. The van der Waals surface area contributed by atoms with Gasteiger partial charge >= 0.3 is 0 Å². The van der Waals surface area contributed by atoms with Crippen molar-refractivity contribution in [2.24, 2.45) is 0 Å².